The van der Waals surface area contributed by atoms with Crippen molar-refractivity contribution >= 4 is 5.82 Å². The van der Waals surface area contributed by atoms with E-state index in [0.717, 1.165) is 12.1 Å². The molecule has 0 radical (unpaired) electrons. The fourth-order valence-electron chi connectivity index (χ4n) is 3.46. The summed E-state index contributed by atoms with van der Waals surface area (Å²) in [7, 11) is 0. The number of anilines is 1. The Morgan fingerprint density at radius 1 is 1.07 bits per heavy atom. The van der Waals surface area contributed by atoms with E-state index in [4.69, 9.17) is 5.73 Å². The number of nitrogens with two attached hydrogens (primary N) is 1. The molecule has 27 heavy (non-hydrogen) atoms. The van der Waals surface area contributed by atoms with E-state index in [0.29, 0.717) is 37.1 Å². The molecule has 1 saturated heterocycles. The third kappa shape index (κ3) is 4.18. The van der Waals surface area contributed by atoms with Crippen LogP contribution < -0.4 is 5.73 Å². The van der Waals surface area contributed by atoms with Crippen molar-refractivity contribution in [2.75, 3.05) is 18.8 Å². The van der Waals surface area contributed by atoms with Crippen molar-refractivity contribution in [3.8, 4) is 0 Å². The molecule has 2 aromatic rings. The second kappa shape index (κ2) is 7.38. The van der Waals surface area contributed by atoms with Crippen LogP contribution in [0.1, 0.15) is 48.5 Å². The van der Waals surface area contributed by atoms with Gasteiger partial charge in [-0.25, -0.2) is 8.78 Å². The van der Waals surface area contributed by atoms with E-state index in [-0.39, 0.29) is 17.8 Å². The minimum atomic E-state index is -4.57. The van der Waals surface area contributed by atoms with Crippen LogP contribution in [0, 0.1) is 11.6 Å². The highest BCUT2D eigenvalue weighted by Gasteiger charge is 2.35. The minimum Gasteiger partial charge on any atom is -0.382 e. The van der Waals surface area contributed by atoms with E-state index in [1.807, 2.05) is 6.92 Å². The van der Waals surface area contributed by atoms with E-state index in [9.17, 15) is 22.0 Å². The Morgan fingerprint density at radius 2 is 1.74 bits per heavy atom. The van der Waals surface area contributed by atoms with Crippen molar-refractivity contribution in [3.63, 3.8) is 0 Å². The molecule has 1 aromatic carbocycles. The van der Waals surface area contributed by atoms with Gasteiger partial charge in [0.05, 0.1) is 0 Å². The van der Waals surface area contributed by atoms with Crippen LogP contribution in [0.4, 0.5) is 27.8 Å². The zero-order valence-corrected chi connectivity index (χ0v) is 14.6. The third-order valence-electron chi connectivity index (χ3n) is 5.09. The maximum atomic E-state index is 13.5. The number of hydrogen-bond donors (Lipinski definition) is 1. The predicted octanol–water partition coefficient (Wildman–Crippen LogP) is 4.30. The molecule has 1 aliphatic heterocycles. The Labute approximate surface area is 153 Å². The van der Waals surface area contributed by atoms with Crippen LogP contribution in [-0.2, 0) is 6.18 Å². The van der Waals surface area contributed by atoms with E-state index < -0.39 is 23.5 Å². The maximum Gasteiger partial charge on any atom is 0.435 e. The van der Waals surface area contributed by atoms with Crippen LogP contribution in [0.25, 0.3) is 0 Å². The van der Waals surface area contributed by atoms with Crippen LogP contribution in [-0.4, -0.2) is 28.2 Å². The van der Waals surface area contributed by atoms with Gasteiger partial charge in [-0.1, -0.05) is 6.07 Å². The van der Waals surface area contributed by atoms with Gasteiger partial charge >= 0.3 is 6.18 Å². The Morgan fingerprint density at radius 3 is 2.33 bits per heavy atom. The molecule has 2 N–H and O–H groups in total. The third-order valence-corrected chi connectivity index (χ3v) is 5.09. The largest absolute Gasteiger partial charge is 0.435 e. The zero-order chi connectivity index (χ0) is 19.8. The van der Waals surface area contributed by atoms with Gasteiger partial charge in [0, 0.05) is 11.6 Å². The number of hydrogen-bond acceptors (Lipinski definition) is 4. The summed E-state index contributed by atoms with van der Waals surface area (Å²) < 4.78 is 65.2. The average molecular weight is 386 g/mol. The van der Waals surface area contributed by atoms with Crippen LogP contribution in [0.15, 0.2) is 24.3 Å². The molecule has 1 atom stereocenters. The Balaban J connectivity index is 1.71. The van der Waals surface area contributed by atoms with Crippen molar-refractivity contribution < 1.29 is 22.0 Å². The van der Waals surface area contributed by atoms with Crippen molar-refractivity contribution in [1.82, 2.24) is 15.1 Å². The first-order valence-corrected chi connectivity index (χ1v) is 8.56. The summed E-state index contributed by atoms with van der Waals surface area (Å²) in [6.45, 7) is 3.07. The average Bonchev–Trinajstić information content (AvgIpc) is 2.63. The summed E-state index contributed by atoms with van der Waals surface area (Å²) in [6, 6.07) is 4.64. The molecule has 1 aromatic heterocycles. The highest BCUT2D eigenvalue weighted by molar-refractivity contribution is 5.42. The molecule has 0 aliphatic carbocycles. The van der Waals surface area contributed by atoms with Gasteiger partial charge in [-0.15, -0.1) is 10.2 Å². The number of benzene rings is 1. The van der Waals surface area contributed by atoms with Gasteiger partial charge in [0.25, 0.3) is 0 Å². The van der Waals surface area contributed by atoms with Crippen molar-refractivity contribution in [1.29, 1.82) is 0 Å². The summed E-state index contributed by atoms with van der Waals surface area (Å²) in [4.78, 5) is 2.08. The molecule has 146 valence electrons. The highest BCUT2D eigenvalue weighted by Crippen LogP contribution is 2.36. The number of aromatic nitrogens is 2. The molecule has 9 heteroatoms. The molecule has 4 nitrogen and oxygen atoms in total. The van der Waals surface area contributed by atoms with Gasteiger partial charge in [0.1, 0.15) is 5.82 Å². The SMILES string of the molecule is CC(c1ccc(F)c(F)c1)N1CCC(c2cc(C(F)(F)F)nnc2N)CC1. The van der Waals surface area contributed by atoms with Gasteiger partial charge in [-0.3, -0.25) is 4.90 Å². The lowest BCUT2D eigenvalue weighted by Crippen LogP contribution is -2.35. The topological polar surface area (TPSA) is 55.0 Å². The normalized spacial score (nSPS) is 17.9. The number of piperidine rings is 1. The van der Waals surface area contributed by atoms with Crippen molar-refractivity contribution in [3.05, 3.63) is 52.7 Å². The first-order valence-electron chi connectivity index (χ1n) is 8.56. The molecule has 0 amide bonds. The Kier molecular flexibility index (Phi) is 5.32. The summed E-state index contributed by atoms with van der Waals surface area (Å²) in [5, 5.41) is 6.58. The van der Waals surface area contributed by atoms with Gasteiger partial charge in [-0.2, -0.15) is 13.2 Å². The van der Waals surface area contributed by atoms with Crippen molar-refractivity contribution in [2.45, 2.75) is 37.9 Å². The molecule has 1 aliphatic rings. The lowest BCUT2D eigenvalue weighted by molar-refractivity contribution is -0.141. The van der Waals surface area contributed by atoms with E-state index in [2.05, 4.69) is 15.1 Å². The number of halogens is 5. The number of nitrogens with zero attached hydrogens (tertiary/aromatic N) is 3. The van der Waals surface area contributed by atoms with Crippen LogP contribution in [0.3, 0.4) is 0 Å². The summed E-state index contributed by atoms with van der Waals surface area (Å²) in [5.74, 6) is -1.94. The molecule has 1 unspecified atom stereocenters. The predicted molar refractivity (Wildman–Crippen MR) is 89.8 cm³/mol. The summed E-state index contributed by atoms with van der Waals surface area (Å²) >= 11 is 0. The highest BCUT2D eigenvalue weighted by atomic mass is 19.4. The van der Waals surface area contributed by atoms with Crippen LogP contribution in [0.5, 0.6) is 0 Å². The van der Waals surface area contributed by atoms with E-state index >= 15 is 0 Å². The quantitative estimate of drug-likeness (QED) is 0.800. The molecule has 2 heterocycles. The fourth-order valence-corrected chi connectivity index (χ4v) is 3.46. The van der Waals surface area contributed by atoms with Crippen LogP contribution in [0.2, 0.25) is 0 Å². The number of nitrogen functional groups attached to an aromatic ring is 1. The smallest absolute Gasteiger partial charge is 0.382 e. The number of alkyl halides is 3. The molecule has 0 saturated carbocycles. The monoisotopic (exact) mass is 386 g/mol. The molecular weight excluding hydrogens is 367 g/mol. The second-order valence-electron chi connectivity index (χ2n) is 6.73. The number of rotatable bonds is 3. The minimum absolute atomic E-state index is 0.00936. The molecule has 0 bridgehead atoms. The molecule has 1 fully saturated rings. The van der Waals surface area contributed by atoms with Gasteiger partial charge in [0.2, 0.25) is 0 Å². The lowest BCUT2D eigenvalue weighted by Gasteiger charge is -2.36. The fraction of sp³-hybridized carbons (Fsp3) is 0.444. The second-order valence-corrected chi connectivity index (χ2v) is 6.73. The lowest BCUT2D eigenvalue weighted by atomic mass is 9.88. The number of likely N-dealkylation sites (tertiary alicyclic amines) is 1. The van der Waals surface area contributed by atoms with Crippen LogP contribution >= 0.6 is 0 Å². The van der Waals surface area contributed by atoms with Gasteiger partial charge < -0.3 is 5.73 Å². The zero-order valence-electron chi connectivity index (χ0n) is 14.6. The molecule has 0 spiro atoms. The standard InChI is InChI=1S/C18H19F5N4/c1-10(12-2-3-14(19)15(20)8-12)27-6-4-11(5-7-27)13-9-16(18(21,22)23)25-26-17(13)24/h2-3,8-11H,4-7H2,1H3,(H2,24,26). The van der Waals surface area contributed by atoms with E-state index in [1.165, 1.54) is 12.1 Å². The van der Waals surface area contributed by atoms with Gasteiger partial charge in [-0.05, 0) is 62.5 Å². The Hall–Kier alpha value is -2.29. The first kappa shape index (κ1) is 19.5. The summed E-state index contributed by atoms with van der Waals surface area (Å²) in [6.07, 6.45) is -3.40. The summed E-state index contributed by atoms with van der Waals surface area (Å²) in [5.41, 5.74) is 5.71. The Bertz CT molecular complexity index is 816. The molecular formula is C18H19F5N4. The van der Waals surface area contributed by atoms with E-state index in [1.54, 1.807) is 0 Å². The first-order chi connectivity index (χ1) is 12.7. The van der Waals surface area contributed by atoms with Crippen molar-refractivity contribution in [2.24, 2.45) is 0 Å². The maximum absolute atomic E-state index is 13.5. The van der Waals surface area contributed by atoms with Gasteiger partial charge in [0.15, 0.2) is 17.3 Å². The molecule has 3 rings (SSSR count).